The van der Waals surface area contributed by atoms with Crippen LogP contribution in [-0.4, -0.2) is 47.8 Å². The number of thioether (sulfide) groups is 1. The van der Waals surface area contributed by atoms with E-state index in [9.17, 15) is 9.18 Å². The van der Waals surface area contributed by atoms with Crippen LogP contribution in [0.4, 0.5) is 21.6 Å². The van der Waals surface area contributed by atoms with Gasteiger partial charge in [-0.25, -0.2) is 14.4 Å². The Balaban J connectivity index is 1.37. The van der Waals surface area contributed by atoms with Crippen molar-refractivity contribution in [3.8, 4) is 0 Å². The topological polar surface area (TPSA) is 61.4 Å². The molecule has 2 aromatic carbocycles. The number of nitrogens with one attached hydrogen (secondary N) is 1. The van der Waals surface area contributed by atoms with Crippen molar-refractivity contribution in [2.24, 2.45) is 0 Å². The first-order valence-corrected chi connectivity index (χ1v) is 11.5. The second-order valence-electron chi connectivity index (χ2n) is 7.72. The van der Waals surface area contributed by atoms with Crippen LogP contribution in [0.3, 0.4) is 0 Å². The number of hydrogen-bond acceptors (Lipinski definition) is 6. The second-order valence-corrected chi connectivity index (χ2v) is 8.69. The molecular weight excluding hydrogens is 425 g/mol. The molecule has 1 amide bonds. The van der Waals surface area contributed by atoms with Gasteiger partial charge in [-0.3, -0.25) is 4.79 Å². The first-order valence-electron chi connectivity index (χ1n) is 10.6. The van der Waals surface area contributed by atoms with Gasteiger partial charge in [0.25, 0.3) is 0 Å². The van der Waals surface area contributed by atoms with E-state index >= 15 is 0 Å². The lowest BCUT2D eigenvalue weighted by atomic mass is 10.1. The predicted molar refractivity (Wildman–Crippen MR) is 128 cm³/mol. The van der Waals surface area contributed by atoms with Gasteiger partial charge in [0.2, 0.25) is 5.91 Å². The average molecular weight is 452 g/mol. The third-order valence-corrected chi connectivity index (χ3v) is 6.58. The van der Waals surface area contributed by atoms with E-state index in [1.807, 2.05) is 0 Å². The Morgan fingerprint density at radius 3 is 2.44 bits per heavy atom. The molecule has 0 bridgehead atoms. The van der Waals surface area contributed by atoms with Crippen molar-refractivity contribution in [1.29, 1.82) is 0 Å². The molecule has 0 atom stereocenters. The Morgan fingerprint density at radius 1 is 1.00 bits per heavy atom. The molecule has 0 aliphatic carbocycles. The number of benzene rings is 2. The van der Waals surface area contributed by atoms with Crippen molar-refractivity contribution in [2.75, 3.05) is 47.0 Å². The van der Waals surface area contributed by atoms with Crippen molar-refractivity contribution >= 4 is 34.9 Å². The van der Waals surface area contributed by atoms with Gasteiger partial charge in [-0.1, -0.05) is 23.9 Å². The molecule has 0 spiro atoms. The molecule has 32 heavy (non-hydrogen) atoms. The maximum absolute atomic E-state index is 13.0. The third-order valence-electron chi connectivity index (χ3n) is 5.61. The maximum atomic E-state index is 13.0. The molecule has 1 N–H and O–H groups in total. The van der Waals surface area contributed by atoms with Crippen LogP contribution >= 0.6 is 11.8 Å². The van der Waals surface area contributed by atoms with Crippen LogP contribution in [0.5, 0.6) is 0 Å². The molecule has 0 radical (unpaired) electrons. The summed E-state index contributed by atoms with van der Waals surface area (Å²) >= 11 is 1.36. The number of amides is 1. The zero-order valence-corrected chi connectivity index (χ0v) is 19.0. The number of halogens is 1. The molecule has 1 aromatic heterocycles. The van der Waals surface area contributed by atoms with E-state index in [1.54, 1.807) is 24.5 Å². The number of nitrogens with zero attached hydrogens (tertiary/aromatic N) is 4. The van der Waals surface area contributed by atoms with Gasteiger partial charge < -0.3 is 15.1 Å². The number of carbonyl (C=O) groups is 1. The zero-order valence-electron chi connectivity index (χ0n) is 18.2. The first-order chi connectivity index (χ1) is 15.5. The van der Waals surface area contributed by atoms with E-state index in [2.05, 4.69) is 57.1 Å². The molecule has 0 saturated carbocycles. The lowest BCUT2D eigenvalue weighted by Crippen LogP contribution is -2.47. The lowest BCUT2D eigenvalue weighted by Gasteiger charge is -2.37. The molecule has 2 heterocycles. The van der Waals surface area contributed by atoms with Gasteiger partial charge in [0, 0.05) is 49.9 Å². The van der Waals surface area contributed by atoms with E-state index < -0.39 is 0 Å². The van der Waals surface area contributed by atoms with Crippen molar-refractivity contribution in [1.82, 2.24) is 9.97 Å². The van der Waals surface area contributed by atoms with Crippen molar-refractivity contribution in [3.63, 3.8) is 0 Å². The number of hydrogen-bond donors (Lipinski definition) is 1. The van der Waals surface area contributed by atoms with Crippen LogP contribution in [-0.2, 0) is 4.79 Å². The molecule has 166 valence electrons. The second kappa shape index (κ2) is 9.99. The Hall–Kier alpha value is -3.13. The van der Waals surface area contributed by atoms with Crippen molar-refractivity contribution in [3.05, 3.63) is 71.8 Å². The Labute approximate surface area is 191 Å². The number of carbonyl (C=O) groups excluding carboxylic acids is 1. The van der Waals surface area contributed by atoms with E-state index in [1.165, 1.54) is 40.7 Å². The molecule has 1 saturated heterocycles. The molecule has 1 fully saturated rings. The summed E-state index contributed by atoms with van der Waals surface area (Å²) in [6.07, 6.45) is 3.34. The van der Waals surface area contributed by atoms with E-state index in [-0.39, 0.29) is 17.5 Å². The van der Waals surface area contributed by atoms with E-state index in [0.717, 1.165) is 37.0 Å². The smallest absolute Gasteiger partial charge is 0.234 e. The van der Waals surface area contributed by atoms with Crippen LogP contribution in [0.1, 0.15) is 11.1 Å². The normalized spacial score (nSPS) is 13.8. The maximum Gasteiger partial charge on any atom is 0.234 e. The van der Waals surface area contributed by atoms with Crippen LogP contribution in [0.15, 0.2) is 59.9 Å². The summed E-state index contributed by atoms with van der Waals surface area (Å²) in [5.74, 6) is 0.510. The summed E-state index contributed by atoms with van der Waals surface area (Å²) in [7, 11) is 0. The van der Waals surface area contributed by atoms with Crippen LogP contribution in [0, 0.1) is 19.7 Å². The fourth-order valence-corrected chi connectivity index (χ4v) is 4.52. The first kappa shape index (κ1) is 22.1. The minimum absolute atomic E-state index is 0.169. The van der Waals surface area contributed by atoms with Gasteiger partial charge in [0.1, 0.15) is 10.8 Å². The summed E-state index contributed by atoms with van der Waals surface area (Å²) in [6, 6.07) is 12.2. The number of aryl methyl sites for hydroxylation is 1. The standard InChI is InChI=1S/C24H26FN5OS/c1-17-4-3-5-21(18(17)2)29-12-14-30(15-13-29)23-24(27-11-10-26-23)32-16-22(31)28-20-8-6-19(25)7-9-20/h3-11H,12-16H2,1-2H3,(H,28,31). The Bertz CT molecular complexity index is 1080. The molecule has 1 aliphatic heterocycles. The van der Waals surface area contributed by atoms with Gasteiger partial charge in [-0.15, -0.1) is 0 Å². The number of rotatable bonds is 6. The molecular formula is C24H26FN5OS. The van der Waals surface area contributed by atoms with Gasteiger partial charge in [0.15, 0.2) is 5.82 Å². The third kappa shape index (κ3) is 5.19. The minimum Gasteiger partial charge on any atom is -0.368 e. The van der Waals surface area contributed by atoms with Gasteiger partial charge in [-0.05, 0) is 55.3 Å². The van der Waals surface area contributed by atoms with Crippen molar-refractivity contribution in [2.45, 2.75) is 18.9 Å². The number of aromatic nitrogens is 2. The summed E-state index contributed by atoms with van der Waals surface area (Å²) in [5, 5.41) is 3.52. The summed E-state index contributed by atoms with van der Waals surface area (Å²) in [5.41, 5.74) is 4.48. The fourth-order valence-electron chi connectivity index (χ4n) is 3.74. The monoisotopic (exact) mass is 451 g/mol. The van der Waals surface area contributed by atoms with Crippen LogP contribution in [0.2, 0.25) is 0 Å². The average Bonchev–Trinajstić information content (AvgIpc) is 2.81. The molecule has 1 aliphatic rings. The number of anilines is 3. The predicted octanol–water partition coefficient (Wildman–Crippen LogP) is 4.29. The zero-order chi connectivity index (χ0) is 22.5. The highest BCUT2D eigenvalue weighted by Gasteiger charge is 2.22. The van der Waals surface area contributed by atoms with E-state index in [0.29, 0.717) is 5.69 Å². The largest absolute Gasteiger partial charge is 0.368 e. The highest BCUT2D eigenvalue weighted by atomic mass is 32.2. The fraction of sp³-hybridized carbons (Fsp3) is 0.292. The molecule has 3 aromatic rings. The Kier molecular flexibility index (Phi) is 6.90. The molecule has 8 heteroatoms. The molecule has 0 unspecified atom stereocenters. The molecule has 4 rings (SSSR count). The summed E-state index contributed by atoms with van der Waals surface area (Å²) in [4.78, 5) is 26.0. The van der Waals surface area contributed by atoms with Gasteiger partial charge in [-0.2, -0.15) is 0 Å². The summed E-state index contributed by atoms with van der Waals surface area (Å²) < 4.78 is 13.0. The Morgan fingerprint density at radius 2 is 1.69 bits per heavy atom. The highest BCUT2D eigenvalue weighted by molar-refractivity contribution is 8.00. The van der Waals surface area contributed by atoms with Crippen molar-refractivity contribution < 1.29 is 9.18 Å². The lowest BCUT2D eigenvalue weighted by molar-refractivity contribution is -0.113. The van der Waals surface area contributed by atoms with Crippen LogP contribution < -0.4 is 15.1 Å². The highest BCUT2D eigenvalue weighted by Crippen LogP contribution is 2.29. The quantitative estimate of drug-likeness (QED) is 0.564. The minimum atomic E-state index is -0.334. The van der Waals surface area contributed by atoms with E-state index in [4.69, 9.17) is 0 Å². The summed E-state index contributed by atoms with van der Waals surface area (Å²) in [6.45, 7) is 7.78. The van der Waals surface area contributed by atoms with Crippen LogP contribution in [0.25, 0.3) is 0 Å². The SMILES string of the molecule is Cc1cccc(N2CCN(c3nccnc3SCC(=O)Nc3ccc(F)cc3)CC2)c1C. The number of piperazine rings is 1. The van der Waals surface area contributed by atoms with Gasteiger partial charge >= 0.3 is 0 Å². The molecule has 6 nitrogen and oxygen atoms in total. The van der Waals surface area contributed by atoms with Gasteiger partial charge in [0.05, 0.1) is 5.75 Å².